The lowest BCUT2D eigenvalue weighted by molar-refractivity contribution is -0.136. The number of benzene rings is 2. The van der Waals surface area contributed by atoms with Crippen LogP contribution in [0.5, 0.6) is 5.75 Å². The van der Waals surface area contributed by atoms with Crippen molar-refractivity contribution in [2.75, 3.05) is 13.1 Å². The molecule has 0 radical (unpaired) electrons. The topological polar surface area (TPSA) is 104 Å². The molecule has 0 spiro atoms. The number of hydrogen-bond donors (Lipinski definition) is 3. The van der Waals surface area contributed by atoms with E-state index in [0.717, 1.165) is 22.2 Å². The minimum Gasteiger partial charge on any atom is -0.489 e. The smallest absolute Gasteiger partial charge is 0.251 e. The molecule has 0 bridgehead atoms. The zero-order valence-electron chi connectivity index (χ0n) is 21.3. The van der Waals surface area contributed by atoms with Gasteiger partial charge in [0.05, 0.1) is 23.0 Å². The van der Waals surface area contributed by atoms with Crippen molar-refractivity contribution in [3.63, 3.8) is 0 Å². The van der Waals surface area contributed by atoms with Gasteiger partial charge in [0.2, 0.25) is 5.91 Å². The molecular weight excluding hydrogens is 468 g/mol. The van der Waals surface area contributed by atoms with Crippen molar-refractivity contribution in [2.45, 2.75) is 45.4 Å². The number of hydrogen-bond acceptors (Lipinski definition) is 6. The van der Waals surface area contributed by atoms with Crippen LogP contribution in [0.2, 0.25) is 0 Å². The summed E-state index contributed by atoms with van der Waals surface area (Å²) in [6.45, 7) is 7.15. The van der Waals surface area contributed by atoms with Crippen LogP contribution in [0.25, 0.3) is 10.9 Å². The van der Waals surface area contributed by atoms with Crippen LogP contribution in [0, 0.1) is 25.2 Å². The van der Waals surface area contributed by atoms with Crippen molar-refractivity contribution in [1.82, 2.24) is 20.7 Å². The molecule has 2 amide bonds. The van der Waals surface area contributed by atoms with Crippen LogP contribution in [-0.2, 0) is 11.4 Å². The summed E-state index contributed by atoms with van der Waals surface area (Å²) >= 11 is 0. The predicted octanol–water partition coefficient (Wildman–Crippen LogP) is 3.46. The number of nitrogens with zero attached hydrogens (tertiary/aromatic N) is 2. The van der Waals surface area contributed by atoms with Gasteiger partial charge in [-0.05, 0) is 63.6 Å². The molecule has 2 heterocycles. The van der Waals surface area contributed by atoms with E-state index in [0.29, 0.717) is 37.4 Å². The number of rotatable bonds is 7. The molecule has 1 saturated heterocycles. The number of ether oxygens (including phenoxy) is 1. The van der Waals surface area contributed by atoms with E-state index < -0.39 is 23.4 Å². The Morgan fingerprint density at radius 3 is 2.65 bits per heavy atom. The fraction of sp³-hybridized carbons (Fsp3) is 0.345. The van der Waals surface area contributed by atoms with E-state index in [-0.39, 0.29) is 5.91 Å². The molecule has 8 heteroatoms. The summed E-state index contributed by atoms with van der Waals surface area (Å²) in [6.07, 6.45) is 6.15. The van der Waals surface area contributed by atoms with Gasteiger partial charge >= 0.3 is 0 Å². The van der Waals surface area contributed by atoms with Crippen LogP contribution in [0.4, 0.5) is 0 Å². The molecule has 37 heavy (non-hydrogen) atoms. The molecule has 192 valence electrons. The molecule has 1 aromatic heterocycles. The van der Waals surface area contributed by atoms with Crippen LogP contribution in [0.15, 0.2) is 54.6 Å². The highest BCUT2D eigenvalue weighted by atomic mass is 16.5. The number of carbonyl (C=O) groups excluding carboxylic acids is 2. The molecule has 2 aromatic carbocycles. The zero-order chi connectivity index (χ0) is 26.6. The fourth-order valence-electron chi connectivity index (χ4n) is 4.72. The number of piperidine rings is 1. The van der Waals surface area contributed by atoms with Gasteiger partial charge in [0.1, 0.15) is 12.4 Å². The minimum absolute atomic E-state index is 0.316. The molecule has 0 unspecified atom stereocenters. The van der Waals surface area contributed by atoms with Gasteiger partial charge in [0, 0.05) is 35.3 Å². The van der Waals surface area contributed by atoms with Crippen molar-refractivity contribution in [3.8, 4) is 18.1 Å². The molecule has 2 atom stereocenters. The summed E-state index contributed by atoms with van der Waals surface area (Å²) < 4.78 is 6.00. The van der Waals surface area contributed by atoms with Crippen LogP contribution in [-0.4, -0.2) is 51.6 Å². The van der Waals surface area contributed by atoms with Crippen molar-refractivity contribution in [2.24, 2.45) is 5.92 Å². The fourth-order valence-corrected chi connectivity index (χ4v) is 4.72. The third-order valence-corrected chi connectivity index (χ3v) is 6.96. The molecule has 4 rings (SSSR count). The highest BCUT2D eigenvalue weighted by molar-refractivity contribution is 5.95. The van der Waals surface area contributed by atoms with Gasteiger partial charge in [-0.2, -0.15) is 0 Å². The van der Waals surface area contributed by atoms with Gasteiger partial charge in [-0.15, -0.1) is 6.42 Å². The SMILES string of the molecule is C#CC(C)(C)N1CC[C@H](C(=O)NO)[C@H](NC(=O)c2ccc(OCc3cc(C)nc4ccccc34)cc2)C1. The molecule has 0 saturated carbocycles. The molecule has 1 aliphatic heterocycles. The number of fused-ring (bicyclic) bond motifs is 1. The summed E-state index contributed by atoms with van der Waals surface area (Å²) in [7, 11) is 0. The van der Waals surface area contributed by atoms with E-state index in [4.69, 9.17) is 11.2 Å². The number of terminal acetylenes is 1. The Labute approximate surface area is 217 Å². The molecule has 8 nitrogen and oxygen atoms in total. The largest absolute Gasteiger partial charge is 0.489 e. The lowest BCUT2D eigenvalue weighted by Crippen LogP contribution is -2.60. The summed E-state index contributed by atoms with van der Waals surface area (Å²) in [5.41, 5.74) is 4.52. The molecule has 0 aliphatic carbocycles. The van der Waals surface area contributed by atoms with Gasteiger partial charge < -0.3 is 10.1 Å². The number of aryl methyl sites for hydroxylation is 1. The highest BCUT2D eigenvalue weighted by Crippen LogP contribution is 2.25. The van der Waals surface area contributed by atoms with E-state index in [2.05, 4.69) is 21.1 Å². The Morgan fingerprint density at radius 2 is 1.95 bits per heavy atom. The van der Waals surface area contributed by atoms with E-state index in [9.17, 15) is 14.8 Å². The molecule has 3 aromatic rings. The van der Waals surface area contributed by atoms with Crippen molar-refractivity contribution < 1.29 is 19.5 Å². The quantitative estimate of drug-likeness (QED) is 0.261. The van der Waals surface area contributed by atoms with Gasteiger partial charge in [0.15, 0.2) is 0 Å². The number of likely N-dealkylation sites (tertiary alicyclic amines) is 1. The lowest BCUT2D eigenvalue weighted by Gasteiger charge is -2.43. The highest BCUT2D eigenvalue weighted by Gasteiger charge is 2.39. The second kappa shape index (κ2) is 11.0. The van der Waals surface area contributed by atoms with Gasteiger partial charge in [0.25, 0.3) is 5.91 Å². The number of amides is 2. The number of carbonyl (C=O) groups is 2. The standard InChI is InChI=1S/C29H32N4O4/c1-5-29(3,4)33-15-14-24(28(35)32-36)26(17-33)31-27(34)20-10-12-22(13-11-20)37-18-21-16-19(2)30-25-9-7-6-8-23(21)25/h1,6-13,16,24,26,36H,14-15,17-18H2,2-4H3,(H,31,34)(H,32,35)/t24-,26+/m0/s1. The monoisotopic (exact) mass is 500 g/mol. The maximum absolute atomic E-state index is 13.1. The van der Waals surface area contributed by atoms with E-state index >= 15 is 0 Å². The third-order valence-electron chi connectivity index (χ3n) is 6.96. The summed E-state index contributed by atoms with van der Waals surface area (Å²) in [6, 6.07) is 16.3. The normalized spacial score (nSPS) is 18.1. The first-order valence-electron chi connectivity index (χ1n) is 12.3. The van der Waals surface area contributed by atoms with Crippen LogP contribution in [0.1, 0.15) is 41.9 Å². The zero-order valence-corrected chi connectivity index (χ0v) is 21.3. The van der Waals surface area contributed by atoms with E-state index in [1.165, 1.54) is 0 Å². The van der Waals surface area contributed by atoms with Crippen LogP contribution < -0.4 is 15.5 Å². The molecule has 1 aliphatic rings. The van der Waals surface area contributed by atoms with E-state index in [1.54, 1.807) is 29.7 Å². The number of para-hydroxylation sites is 1. The first kappa shape index (κ1) is 26.1. The average Bonchev–Trinajstić information content (AvgIpc) is 2.91. The van der Waals surface area contributed by atoms with Crippen molar-refractivity contribution in [3.05, 3.63) is 71.4 Å². The number of nitrogens with one attached hydrogen (secondary N) is 2. The Kier molecular flexibility index (Phi) is 7.77. The Hall–Kier alpha value is -3.93. The summed E-state index contributed by atoms with van der Waals surface area (Å²) in [5.74, 6) is 1.99. The minimum atomic E-state index is -0.569. The second-order valence-corrected chi connectivity index (χ2v) is 9.85. The maximum atomic E-state index is 13.1. The number of hydroxylamine groups is 1. The van der Waals surface area contributed by atoms with Crippen LogP contribution in [0.3, 0.4) is 0 Å². The molecule has 3 N–H and O–H groups in total. The lowest BCUT2D eigenvalue weighted by atomic mass is 9.87. The number of pyridine rings is 1. The van der Waals surface area contributed by atoms with Crippen molar-refractivity contribution in [1.29, 1.82) is 0 Å². The van der Waals surface area contributed by atoms with E-state index in [1.807, 2.05) is 51.1 Å². The van der Waals surface area contributed by atoms with Crippen LogP contribution >= 0.6 is 0 Å². The molecule has 1 fully saturated rings. The molecular formula is C29H32N4O4. The maximum Gasteiger partial charge on any atom is 0.251 e. The van der Waals surface area contributed by atoms with Gasteiger partial charge in [-0.25, -0.2) is 5.48 Å². The summed E-state index contributed by atoms with van der Waals surface area (Å²) in [5, 5.41) is 13.2. The number of aromatic nitrogens is 1. The first-order chi connectivity index (χ1) is 17.7. The Balaban J connectivity index is 1.43. The summed E-state index contributed by atoms with van der Waals surface area (Å²) in [4.78, 5) is 31.9. The first-order valence-corrected chi connectivity index (χ1v) is 12.3. The van der Waals surface area contributed by atoms with Gasteiger partial charge in [-0.1, -0.05) is 24.1 Å². The third kappa shape index (κ3) is 5.91. The average molecular weight is 501 g/mol. The van der Waals surface area contributed by atoms with Crippen molar-refractivity contribution >= 4 is 22.7 Å². The van der Waals surface area contributed by atoms with Gasteiger partial charge in [-0.3, -0.25) is 24.7 Å². The predicted molar refractivity (Wildman–Crippen MR) is 141 cm³/mol. The Bertz CT molecular complexity index is 1330. The Morgan fingerprint density at radius 1 is 1.22 bits per heavy atom. The second-order valence-electron chi connectivity index (χ2n) is 9.85.